The molecule has 6 nitrogen and oxygen atoms in total. The summed E-state index contributed by atoms with van der Waals surface area (Å²) < 4.78 is 24.1. The summed E-state index contributed by atoms with van der Waals surface area (Å²) in [7, 11) is -3.19. The van der Waals surface area contributed by atoms with E-state index in [1.165, 1.54) is 22.8 Å². The molecule has 1 aromatic rings. The maximum absolute atomic E-state index is 12.1. The summed E-state index contributed by atoms with van der Waals surface area (Å²) in [4.78, 5) is 17.7. The SMILES string of the molecule is CS(=O)(=O)N1CCN(C(=O)c2cc(Cl)ccn2)CC1. The van der Waals surface area contributed by atoms with Crippen LogP contribution in [0.4, 0.5) is 0 Å². The second-order valence-corrected chi connectivity index (χ2v) is 6.73. The molecule has 0 atom stereocenters. The first kappa shape index (κ1) is 14.2. The molecule has 0 aliphatic carbocycles. The van der Waals surface area contributed by atoms with Gasteiger partial charge in [0, 0.05) is 37.4 Å². The van der Waals surface area contributed by atoms with Gasteiger partial charge >= 0.3 is 0 Å². The zero-order valence-corrected chi connectivity index (χ0v) is 12.0. The molecule has 0 unspecified atom stereocenters. The van der Waals surface area contributed by atoms with Gasteiger partial charge in [0.25, 0.3) is 5.91 Å². The van der Waals surface area contributed by atoms with Crippen molar-refractivity contribution in [3.63, 3.8) is 0 Å². The molecule has 0 bridgehead atoms. The first-order valence-corrected chi connectivity index (χ1v) is 7.96. The van der Waals surface area contributed by atoms with E-state index in [0.29, 0.717) is 31.2 Å². The topological polar surface area (TPSA) is 70.6 Å². The lowest BCUT2D eigenvalue weighted by Gasteiger charge is -2.33. The van der Waals surface area contributed by atoms with Crippen LogP contribution in [0.25, 0.3) is 0 Å². The summed E-state index contributed by atoms with van der Waals surface area (Å²) in [6, 6.07) is 3.10. The highest BCUT2D eigenvalue weighted by molar-refractivity contribution is 7.88. The van der Waals surface area contributed by atoms with Crippen molar-refractivity contribution in [2.45, 2.75) is 0 Å². The predicted molar refractivity (Wildman–Crippen MR) is 71.6 cm³/mol. The maximum Gasteiger partial charge on any atom is 0.272 e. The van der Waals surface area contributed by atoms with Crippen LogP contribution >= 0.6 is 11.6 Å². The number of pyridine rings is 1. The van der Waals surface area contributed by atoms with Crippen LogP contribution in [0.1, 0.15) is 10.5 Å². The number of carbonyl (C=O) groups excluding carboxylic acids is 1. The van der Waals surface area contributed by atoms with Crippen molar-refractivity contribution < 1.29 is 13.2 Å². The number of piperazine rings is 1. The number of amides is 1. The zero-order chi connectivity index (χ0) is 14.0. The maximum atomic E-state index is 12.1. The zero-order valence-electron chi connectivity index (χ0n) is 10.4. The van der Waals surface area contributed by atoms with Crippen molar-refractivity contribution in [3.8, 4) is 0 Å². The van der Waals surface area contributed by atoms with Crippen LogP contribution in [0, 0.1) is 0 Å². The van der Waals surface area contributed by atoms with E-state index in [-0.39, 0.29) is 11.6 Å². The van der Waals surface area contributed by atoms with Gasteiger partial charge in [-0.25, -0.2) is 8.42 Å². The fourth-order valence-electron chi connectivity index (χ4n) is 1.91. The van der Waals surface area contributed by atoms with Crippen molar-refractivity contribution >= 4 is 27.5 Å². The number of aromatic nitrogens is 1. The monoisotopic (exact) mass is 303 g/mol. The summed E-state index contributed by atoms with van der Waals surface area (Å²) >= 11 is 5.81. The highest BCUT2D eigenvalue weighted by Crippen LogP contribution is 2.12. The number of sulfonamides is 1. The molecule has 1 saturated heterocycles. The summed E-state index contributed by atoms with van der Waals surface area (Å²) in [5.74, 6) is -0.226. The van der Waals surface area contributed by atoms with Gasteiger partial charge in [-0.05, 0) is 12.1 Å². The van der Waals surface area contributed by atoms with Gasteiger partial charge in [-0.15, -0.1) is 0 Å². The van der Waals surface area contributed by atoms with Gasteiger partial charge in [-0.2, -0.15) is 4.31 Å². The molecule has 0 saturated carbocycles. The van der Waals surface area contributed by atoms with Crippen LogP contribution in [0.5, 0.6) is 0 Å². The van der Waals surface area contributed by atoms with Crippen LogP contribution in [-0.4, -0.2) is 60.9 Å². The third-order valence-electron chi connectivity index (χ3n) is 2.94. The molecular weight excluding hydrogens is 290 g/mol. The molecule has 19 heavy (non-hydrogen) atoms. The van der Waals surface area contributed by atoms with Crippen LogP contribution in [0.3, 0.4) is 0 Å². The average Bonchev–Trinajstić information content (AvgIpc) is 2.37. The van der Waals surface area contributed by atoms with Crippen molar-refractivity contribution in [3.05, 3.63) is 29.0 Å². The van der Waals surface area contributed by atoms with E-state index in [4.69, 9.17) is 11.6 Å². The second kappa shape index (κ2) is 5.44. The summed E-state index contributed by atoms with van der Waals surface area (Å²) in [6.45, 7) is 1.34. The van der Waals surface area contributed by atoms with E-state index < -0.39 is 10.0 Å². The predicted octanol–water partition coefficient (Wildman–Crippen LogP) is 0.452. The molecule has 1 aromatic heterocycles. The quantitative estimate of drug-likeness (QED) is 0.795. The molecular formula is C11H14ClN3O3S. The third-order valence-corrected chi connectivity index (χ3v) is 4.47. The molecule has 1 aliphatic rings. The summed E-state index contributed by atoms with van der Waals surface area (Å²) in [5, 5.41) is 0.452. The van der Waals surface area contributed by atoms with E-state index in [0.717, 1.165) is 0 Å². The minimum Gasteiger partial charge on any atom is -0.335 e. The van der Waals surface area contributed by atoms with E-state index in [9.17, 15) is 13.2 Å². The number of nitrogens with zero attached hydrogens (tertiary/aromatic N) is 3. The molecule has 0 N–H and O–H groups in total. The Morgan fingerprint density at radius 3 is 2.47 bits per heavy atom. The standard InChI is InChI=1S/C11H14ClN3O3S/c1-19(17,18)15-6-4-14(5-7-15)11(16)10-8-9(12)2-3-13-10/h2-3,8H,4-7H2,1H3. The first-order valence-electron chi connectivity index (χ1n) is 5.74. The number of carbonyl (C=O) groups is 1. The fraction of sp³-hybridized carbons (Fsp3) is 0.455. The molecule has 1 amide bonds. The normalized spacial score (nSPS) is 17.5. The Hall–Kier alpha value is -1.18. The number of halogens is 1. The Labute approximate surface area is 117 Å². The van der Waals surface area contributed by atoms with Gasteiger partial charge in [0.05, 0.1) is 6.26 Å². The Morgan fingerprint density at radius 2 is 1.95 bits per heavy atom. The smallest absolute Gasteiger partial charge is 0.272 e. The third kappa shape index (κ3) is 3.43. The highest BCUT2D eigenvalue weighted by atomic mass is 35.5. The minimum atomic E-state index is -3.19. The van der Waals surface area contributed by atoms with E-state index in [1.807, 2.05) is 0 Å². The molecule has 0 radical (unpaired) electrons. The Morgan fingerprint density at radius 1 is 1.32 bits per heavy atom. The van der Waals surface area contributed by atoms with Gasteiger partial charge in [0.1, 0.15) is 5.69 Å². The summed E-state index contributed by atoms with van der Waals surface area (Å²) in [6.07, 6.45) is 2.64. The number of hydrogen-bond donors (Lipinski definition) is 0. The van der Waals surface area contributed by atoms with Gasteiger partial charge in [0.15, 0.2) is 0 Å². The molecule has 0 aromatic carbocycles. The van der Waals surface area contributed by atoms with Crippen LogP contribution in [0.2, 0.25) is 5.02 Å². The minimum absolute atomic E-state index is 0.226. The summed E-state index contributed by atoms with van der Waals surface area (Å²) in [5.41, 5.74) is 0.278. The largest absolute Gasteiger partial charge is 0.335 e. The lowest BCUT2D eigenvalue weighted by Crippen LogP contribution is -2.50. The van der Waals surface area contributed by atoms with Crippen molar-refractivity contribution in [2.24, 2.45) is 0 Å². The van der Waals surface area contributed by atoms with E-state index >= 15 is 0 Å². The Balaban J connectivity index is 2.04. The Kier molecular flexibility index (Phi) is 4.07. The van der Waals surface area contributed by atoms with Crippen molar-refractivity contribution in [1.29, 1.82) is 0 Å². The van der Waals surface area contributed by atoms with Crippen LogP contribution in [-0.2, 0) is 10.0 Å². The first-order chi connectivity index (χ1) is 8.88. The van der Waals surface area contributed by atoms with E-state index in [2.05, 4.69) is 4.98 Å². The van der Waals surface area contributed by atoms with Crippen molar-refractivity contribution in [2.75, 3.05) is 32.4 Å². The lowest BCUT2D eigenvalue weighted by atomic mass is 10.3. The van der Waals surface area contributed by atoms with Crippen molar-refractivity contribution in [1.82, 2.24) is 14.2 Å². The van der Waals surface area contributed by atoms with Gasteiger partial charge in [-0.3, -0.25) is 9.78 Å². The molecule has 8 heteroatoms. The van der Waals surface area contributed by atoms with Crippen LogP contribution in [0.15, 0.2) is 18.3 Å². The number of rotatable bonds is 2. The van der Waals surface area contributed by atoms with Gasteiger partial charge < -0.3 is 4.90 Å². The highest BCUT2D eigenvalue weighted by Gasteiger charge is 2.27. The van der Waals surface area contributed by atoms with Crippen LogP contribution < -0.4 is 0 Å². The number of hydrogen-bond acceptors (Lipinski definition) is 4. The van der Waals surface area contributed by atoms with Gasteiger partial charge in [-0.1, -0.05) is 11.6 Å². The Bertz CT molecular complexity index is 583. The molecule has 0 spiro atoms. The molecule has 1 fully saturated rings. The van der Waals surface area contributed by atoms with E-state index in [1.54, 1.807) is 11.0 Å². The molecule has 1 aliphatic heterocycles. The molecule has 2 rings (SSSR count). The average molecular weight is 304 g/mol. The fourth-order valence-corrected chi connectivity index (χ4v) is 2.89. The lowest BCUT2D eigenvalue weighted by molar-refractivity contribution is 0.0692. The molecule has 104 valence electrons. The van der Waals surface area contributed by atoms with Gasteiger partial charge in [0.2, 0.25) is 10.0 Å². The second-order valence-electron chi connectivity index (χ2n) is 4.31. The molecule has 2 heterocycles.